The normalized spacial score (nSPS) is 12.2. The molecule has 2 N–H and O–H groups in total. The topological polar surface area (TPSA) is 75.6 Å². The van der Waals surface area contributed by atoms with Gasteiger partial charge in [0.2, 0.25) is 0 Å². The minimum atomic E-state index is -1.10. The highest BCUT2D eigenvalue weighted by atomic mass is 35.5. The van der Waals surface area contributed by atoms with E-state index in [0.717, 1.165) is 4.70 Å². The molecule has 0 aliphatic rings. The van der Waals surface area contributed by atoms with Gasteiger partial charge in [0.05, 0.1) is 12.1 Å². The lowest BCUT2D eigenvalue weighted by Gasteiger charge is -2.07. The smallest absolute Gasteiger partial charge is 0.325 e. The van der Waals surface area contributed by atoms with Crippen LogP contribution in [0.5, 0.6) is 5.75 Å². The number of carbonyl (C=O) groups is 2. The molecule has 7 heteroatoms. The van der Waals surface area contributed by atoms with Crippen LogP contribution in [0.1, 0.15) is 16.6 Å². The Morgan fingerprint density at radius 1 is 1.45 bits per heavy atom. The first-order valence-electron chi connectivity index (χ1n) is 5.73. The van der Waals surface area contributed by atoms with Gasteiger partial charge in [-0.05, 0) is 25.1 Å². The van der Waals surface area contributed by atoms with Crippen molar-refractivity contribution in [2.75, 3.05) is 7.11 Å². The number of carboxylic acid groups (broad SMARTS) is 1. The Hall–Kier alpha value is -1.79. The van der Waals surface area contributed by atoms with Gasteiger partial charge >= 0.3 is 5.97 Å². The Morgan fingerprint density at radius 3 is 2.75 bits per heavy atom. The highest BCUT2D eigenvalue weighted by Gasteiger charge is 2.21. The summed E-state index contributed by atoms with van der Waals surface area (Å²) in [6, 6.07) is 4.35. The molecule has 1 amide bonds. The summed E-state index contributed by atoms with van der Waals surface area (Å²) < 4.78 is 5.95. The zero-order valence-electron chi connectivity index (χ0n) is 10.8. The summed E-state index contributed by atoms with van der Waals surface area (Å²) in [6.07, 6.45) is 0. The number of hydrogen-bond donors (Lipinski definition) is 2. The number of hydrogen-bond acceptors (Lipinski definition) is 4. The molecule has 1 aromatic carbocycles. The number of aliphatic carboxylic acids is 1. The van der Waals surface area contributed by atoms with E-state index < -0.39 is 17.9 Å². The second-order valence-corrected chi connectivity index (χ2v) is 5.57. The third kappa shape index (κ3) is 2.71. The first-order chi connectivity index (χ1) is 9.43. The third-order valence-electron chi connectivity index (χ3n) is 2.76. The summed E-state index contributed by atoms with van der Waals surface area (Å²) in [5, 5.41) is 12.2. The number of fused-ring (bicyclic) bond motifs is 1. The second-order valence-electron chi connectivity index (χ2n) is 4.14. The van der Waals surface area contributed by atoms with E-state index in [0.29, 0.717) is 21.0 Å². The Morgan fingerprint density at radius 2 is 2.15 bits per heavy atom. The first kappa shape index (κ1) is 14.6. The predicted molar refractivity (Wildman–Crippen MR) is 78.0 cm³/mol. The van der Waals surface area contributed by atoms with Gasteiger partial charge in [-0.1, -0.05) is 11.6 Å². The van der Waals surface area contributed by atoms with E-state index in [-0.39, 0.29) is 0 Å². The van der Waals surface area contributed by atoms with Crippen LogP contribution in [-0.2, 0) is 4.79 Å². The second kappa shape index (κ2) is 5.68. The van der Waals surface area contributed by atoms with Crippen LogP contribution in [-0.4, -0.2) is 30.1 Å². The summed E-state index contributed by atoms with van der Waals surface area (Å²) in [6.45, 7) is 1.39. The predicted octanol–water partition coefficient (Wildman–Crippen LogP) is 2.77. The molecular weight excluding hydrogens is 302 g/mol. The minimum Gasteiger partial charge on any atom is -0.497 e. The van der Waals surface area contributed by atoms with E-state index in [4.69, 9.17) is 21.4 Å². The minimum absolute atomic E-state index is 0.294. The van der Waals surface area contributed by atoms with Crippen LogP contribution in [0.25, 0.3) is 10.1 Å². The average Bonchev–Trinajstić information content (AvgIpc) is 2.75. The number of amides is 1. The van der Waals surface area contributed by atoms with E-state index in [1.165, 1.54) is 18.3 Å². The monoisotopic (exact) mass is 313 g/mol. The molecule has 0 saturated heterocycles. The summed E-state index contributed by atoms with van der Waals surface area (Å²) in [5.41, 5.74) is 0. The Kier molecular flexibility index (Phi) is 4.15. The zero-order chi connectivity index (χ0) is 14.9. The Labute approximate surface area is 124 Å². The summed E-state index contributed by atoms with van der Waals surface area (Å²) in [4.78, 5) is 23.1. The van der Waals surface area contributed by atoms with Crippen LogP contribution in [0, 0.1) is 0 Å². The van der Waals surface area contributed by atoms with Gasteiger partial charge in [-0.15, -0.1) is 11.3 Å². The highest BCUT2D eigenvalue weighted by molar-refractivity contribution is 7.21. The number of ether oxygens (including phenoxy) is 1. The van der Waals surface area contributed by atoms with Gasteiger partial charge in [0.25, 0.3) is 5.91 Å². The maximum atomic E-state index is 12.0. The number of carboxylic acids is 1. The maximum absolute atomic E-state index is 12.0. The molecule has 0 spiro atoms. The number of methoxy groups -OCH3 is 1. The van der Waals surface area contributed by atoms with E-state index >= 15 is 0 Å². The number of nitrogens with one attached hydrogen (secondary N) is 1. The van der Waals surface area contributed by atoms with Crippen molar-refractivity contribution in [1.29, 1.82) is 0 Å². The fourth-order valence-corrected chi connectivity index (χ4v) is 3.04. The van der Waals surface area contributed by atoms with E-state index in [1.54, 1.807) is 19.2 Å². The van der Waals surface area contributed by atoms with Crippen LogP contribution in [0.15, 0.2) is 18.2 Å². The van der Waals surface area contributed by atoms with Crippen LogP contribution in [0.2, 0.25) is 5.02 Å². The number of thiophene rings is 1. The van der Waals surface area contributed by atoms with Crippen molar-refractivity contribution < 1.29 is 19.4 Å². The van der Waals surface area contributed by atoms with Crippen LogP contribution in [0.4, 0.5) is 0 Å². The zero-order valence-corrected chi connectivity index (χ0v) is 12.3. The molecule has 106 valence electrons. The van der Waals surface area contributed by atoms with Crippen LogP contribution < -0.4 is 10.1 Å². The average molecular weight is 314 g/mol. The van der Waals surface area contributed by atoms with Gasteiger partial charge in [0, 0.05) is 10.1 Å². The summed E-state index contributed by atoms with van der Waals surface area (Å²) >= 11 is 7.40. The van der Waals surface area contributed by atoms with Crippen molar-refractivity contribution in [3.8, 4) is 5.75 Å². The Bertz CT molecular complexity index is 682. The molecule has 1 atom stereocenters. The molecule has 1 aromatic heterocycles. The molecule has 20 heavy (non-hydrogen) atoms. The maximum Gasteiger partial charge on any atom is 0.325 e. The number of benzene rings is 1. The fourth-order valence-electron chi connectivity index (χ4n) is 1.64. The lowest BCUT2D eigenvalue weighted by Crippen LogP contribution is -2.38. The van der Waals surface area contributed by atoms with E-state index in [1.807, 2.05) is 6.07 Å². The summed E-state index contributed by atoms with van der Waals surface area (Å²) in [5.74, 6) is -0.953. The lowest BCUT2D eigenvalue weighted by molar-refractivity contribution is -0.138. The molecule has 0 bridgehead atoms. The number of halogens is 1. The molecule has 0 aliphatic heterocycles. The molecule has 1 heterocycles. The summed E-state index contributed by atoms with van der Waals surface area (Å²) in [7, 11) is 1.55. The van der Waals surface area contributed by atoms with Gasteiger partial charge in [-0.3, -0.25) is 9.59 Å². The van der Waals surface area contributed by atoms with Gasteiger partial charge in [-0.2, -0.15) is 0 Å². The molecule has 0 fully saturated rings. The van der Waals surface area contributed by atoms with Crippen molar-refractivity contribution in [3.63, 3.8) is 0 Å². The number of carbonyl (C=O) groups excluding carboxylic acids is 1. The largest absolute Gasteiger partial charge is 0.497 e. The lowest BCUT2D eigenvalue weighted by atomic mass is 10.2. The van der Waals surface area contributed by atoms with Gasteiger partial charge in [0.1, 0.15) is 16.7 Å². The molecular formula is C13H12ClNO4S. The van der Waals surface area contributed by atoms with Crippen molar-refractivity contribution >= 4 is 44.9 Å². The van der Waals surface area contributed by atoms with Crippen LogP contribution in [0.3, 0.4) is 0 Å². The van der Waals surface area contributed by atoms with E-state index in [9.17, 15) is 9.59 Å². The van der Waals surface area contributed by atoms with Crippen molar-refractivity contribution in [2.24, 2.45) is 0 Å². The SMILES string of the molecule is COc1ccc2sc(C(=O)NC(C)C(=O)O)c(Cl)c2c1. The molecule has 5 nitrogen and oxygen atoms in total. The standard InChI is InChI=1S/C13H12ClNO4S/c1-6(13(17)18)15-12(16)11-10(14)8-5-7(19-2)3-4-9(8)20-11/h3-6H,1-2H3,(H,15,16)(H,17,18). The fraction of sp³-hybridized carbons (Fsp3) is 0.231. The molecule has 2 aromatic rings. The quantitative estimate of drug-likeness (QED) is 0.910. The van der Waals surface area contributed by atoms with Crippen LogP contribution >= 0.6 is 22.9 Å². The molecule has 0 saturated carbocycles. The van der Waals surface area contributed by atoms with Gasteiger partial charge in [-0.25, -0.2) is 0 Å². The van der Waals surface area contributed by atoms with Crippen molar-refractivity contribution in [3.05, 3.63) is 28.1 Å². The molecule has 0 aliphatic carbocycles. The molecule has 0 radical (unpaired) electrons. The third-order valence-corrected chi connectivity index (χ3v) is 4.43. The highest BCUT2D eigenvalue weighted by Crippen LogP contribution is 2.37. The van der Waals surface area contributed by atoms with Crippen molar-refractivity contribution in [2.45, 2.75) is 13.0 Å². The Balaban J connectivity index is 2.37. The molecule has 2 rings (SSSR count). The molecule has 1 unspecified atom stereocenters. The van der Waals surface area contributed by atoms with Gasteiger partial charge < -0.3 is 15.2 Å². The number of rotatable bonds is 4. The van der Waals surface area contributed by atoms with Gasteiger partial charge in [0.15, 0.2) is 0 Å². The van der Waals surface area contributed by atoms with E-state index in [2.05, 4.69) is 5.32 Å². The van der Waals surface area contributed by atoms with Crippen molar-refractivity contribution in [1.82, 2.24) is 5.32 Å². The first-order valence-corrected chi connectivity index (χ1v) is 6.93.